The third-order valence-corrected chi connectivity index (χ3v) is 0.683. The third-order valence-electron chi connectivity index (χ3n) is 0.228. The van der Waals surface area contributed by atoms with E-state index < -0.39 is 20.8 Å². The van der Waals surface area contributed by atoms with Gasteiger partial charge in [0.05, 0.1) is 0 Å². The molecule has 0 rings (SSSR count). The molecule has 0 aliphatic rings. The zero-order valence-corrected chi connectivity index (χ0v) is 8.26. The zero-order valence-electron chi connectivity index (χ0n) is 5.07. The van der Waals surface area contributed by atoms with Crippen LogP contribution in [0.3, 0.4) is 0 Å². The first kappa shape index (κ1) is 14.9. The molecule has 9 nitrogen and oxygen atoms in total. The maximum Gasteiger partial charge on any atom is 0.426 e. The van der Waals surface area contributed by atoms with Crippen LogP contribution in [0.15, 0.2) is 0 Å². The van der Waals surface area contributed by atoms with Crippen molar-refractivity contribution in [2.75, 3.05) is 0 Å². The van der Waals surface area contributed by atoms with Crippen LogP contribution in [0, 0.1) is 0 Å². The fraction of sp³-hybridized carbons (Fsp3) is 0. The van der Waals surface area contributed by atoms with E-state index in [0.717, 1.165) is 0 Å². The maximum absolute atomic E-state index is 9.57. The predicted molar refractivity (Wildman–Crippen MR) is 26.4 cm³/mol. The van der Waals surface area contributed by atoms with Gasteiger partial charge in [-0.3, -0.25) is 9.11 Å². The van der Waals surface area contributed by atoms with Crippen molar-refractivity contribution in [2.24, 2.45) is 0 Å². The van der Waals surface area contributed by atoms with E-state index in [-0.39, 0.29) is 21.7 Å². The van der Waals surface area contributed by atoms with Crippen LogP contribution < -0.4 is 0 Å². The van der Waals surface area contributed by atoms with Crippen LogP contribution in [0.1, 0.15) is 0 Å². The van der Waals surface area contributed by atoms with E-state index in [2.05, 4.69) is 13.7 Å². The molecule has 0 aliphatic heterocycles. The summed E-state index contributed by atoms with van der Waals surface area (Å²) < 4.78 is 59.4. The largest absolute Gasteiger partial charge is 0.426 e. The molecular weight excluding hydrogens is 256 g/mol. The summed E-state index contributed by atoms with van der Waals surface area (Å²) in [7, 11) is -9.94. The average Bonchev–Trinajstić information content (AvgIpc) is 1.55. The van der Waals surface area contributed by atoms with Gasteiger partial charge in [-0.15, -0.1) is 0 Å². The molecule has 0 radical (unpaired) electrons. The van der Waals surface area contributed by atoms with Crippen molar-refractivity contribution < 1.29 is 61.4 Å². The van der Waals surface area contributed by atoms with Gasteiger partial charge >= 0.3 is 20.8 Å². The first-order valence-electron chi connectivity index (χ1n) is 1.70. The molecular formula is H2O9S2Ti. The predicted octanol–water partition coefficient (Wildman–Crippen LogP) is -1.53. The van der Waals surface area contributed by atoms with Gasteiger partial charge < -0.3 is 0 Å². The van der Waals surface area contributed by atoms with Crippen LogP contribution in [-0.2, 0) is 56.2 Å². The van der Waals surface area contributed by atoms with Crippen LogP contribution in [0.2, 0.25) is 0 Å². The van der Waals surface area contributed by atoms with E-state index in [1.54, 1.807) is 0 Å². The van der Waals surface area contributed by atoms with Crippen LogP contribution in [0.5, 0.6) is 0 Å². The fourth-order valence-electron chi connectivity index (χ4n) is 0.0815. The van der Waals surface area contributed by atoms with E-state index in [4.69, 9.17) is 9.11 Å². The second-order valence-electron chi connectivity index (χ2n) is 1.06. The summed E-state index contributed by atoms with van der Waals surface area (Å²) in [5.41, 5.74) is 0. The number of hydrogen-bond acceptors (Lipinski definition) is 7. The van der Waals surface area contributed by atoms with Gasteiger partial charge in [-0.1, -0.05) is 8.67 Å². The molecule has 0 aliphatic carbocycles. The Hall–Kier alpha value is 0.414. The van der Waals surface area contributed by atoms with E-state index >= 15 is 0 Å². The molecule has 0 heterocycles. The normalized spacial score (nSPS) is 12.2. The molecule has 0 aromatic carbocycles. The van der Waals surface area contributed by atoms with Crippen molar-refractivity contribution in [3.8, 4) is 0 Å². The van der Waals surface area contributed by atoms with Crippen molar-refractivity contribution >= 4 is 20.8 Å². The van der Waals surface area contributed by atoms with Gasteiger partial charge in [0.1, 0.15) is 0 Å². The number of hydrogen-bond donors (Lipinski definition) is 2. The smallest absolute Gasteiger partial charge is 0.262 e. The van der Waals surface area contributed by atoms with Gasteiger partial charge in [0.2, 0.25) is 0 Å². The molecule has 12 heteroatoms. The molecule has 0 aromatic heterocycles. The minimum absolute atomic E-state index is 0. The Morgan fingerprint density at radius 1 is 0.833 bits per heavy atom. The van der Waals surface area contributed by atoms with Gasteiger partial charge in [0.15, 0.2) is 0 Å². The molecule has 72 valence electrons. The standard InChI is InChI=1S/H2O9S2.Ti/c1-10(2,3)8-7-9-11(4,5)6;/h(H,1,2,3)(H,4,5,6);. The van der Waals surface area contributed by atoms with Crippen LogP contribution in [0.25, 0.3) is 0 Å². The maximum atomic E-state index is 9.57. The summed E-state index contributed by atoms with van der Waals surface area (Å²) in [6.07, 6.45) is 0. The fourth-order valence-corrected chi connectivity index (χ4v) is 0.313. The van der Waals surface area contributed by atoms with Gasteiger partial charge in [-0.25, -0.2) is 0 Å². The molecule has 0 atom stereocenters. The molecule has 0 amide bonds. The van der Waals surface area contributed by atoms with Gasteiger partial charge in [0.25, 0.3) is 0 Å². The Morgan fingerprint density at radius 2 is 1.08 bits per heavy atom. The van der Waals surface area contributed by atoms with E-state index in [1.807, 2.05) is 0 Å². The second-order valence-corrected chi connectivity index (χ2v) is 3.04. The molecule has 0 unspecified atom stereocenters. The molecule has 0 fully saturated rings. The zero-order chi connectivity index (χ0) is 9.12. The molecule has 0 saturated carbocycles. The molecule has 12 heavy (non-hydrogen) atoms. The minimum atomic E-state index is -4.97. The summed E-state index contributed by atoms with van der Waals surface area (Å²) in [5.74, 6) is 0. The van der Waals surface area contributed by atoms with E-state index in [0.29, 0.717) is 0 Å². The van der Waals surface area contributed by atoms with Crippen LogP contribution >= 0.6 is 0 Å². The summed E-state index contributed by atoms with van der Waals surface area (Å²) in [6, 6.07) is 0. The summed E-state index contributed by atoms with van der Waals surface area (Å²) >= 11 is 0. The Labute approximate surface area is 82.3 Å². The molecule has 2 N–H and O–H groups in total. The van der Waals surface area contributed by atoms with Crippen molar-refractivity contribution in [3.63, 3.8) is 0 Å². The first-order chi connectivity index (χ1) is 4.71. The van der Waals surface area contributed by atoms with Crippen molar-refractivity contribution in [2.45, 2.75) is 0 Å². The molecule has 0 saturated heterocycles. The van der Waals surface area contributed by atoms with Gasteiger partial charge in [-0.2, -0.15) is 16.8 Å². The van der Waals surface area contributed by atoms with Gasteiger partial charge in [-0.05, 0) is 5.04 Å². The summed E-state index contributed by atoms with van der Waals surface area (Å²) in [6.45, 7) is 0. The average molecular weight is 258 g/mol. The molecule has 0 bridgehead atoms. The first-order valence-corrected chi connectivity index (χ1v) is 4.43. The Morgan fingerprint density at radius 3 is 1.25 bits per heavy atom. The van der Waals surface area contributed by atoms with Crippen molar-refractivity contribution in [3.05, 3.63) is 0 Å². The SMILES string of the molecule is O=S(=O)(O)OOOS(=O)(=O)O.[Ti]. The molecule has 0 aromatic rings. The van der Waals surface area contributed by atoms with Crippen molar-refractivity contribution in [1.29, 1.82) is 0 Å². The summed E-state index contributed by atoms with van der Waals surface area (Å²) in [5, 5.41) is 2.89. The minimum Gasteiger partial charge on any atom is -0.262 e. The topological polar surface area (TPSA) is 136 Å². The van der Waals surface area contributed by atoms with Crippen LogP contribution in [0.4, 0.5) is 0 Å². The molecule has 0 spiro atoms. The Kier molecular flexibility index (Phi) is 6.48. The third kappa shape index (κ3) is 13.0. The van der Waals surface area contributed by atoms with E-state index in [9.17, 15) is 16.8 Å². The second kappa shape index (κ2) is 5.21. The van der Waals surface area contributed by atoms with Crippen LogP contribution in [-0.4, -0.2) is 25.9 Å². The van der Waals surface area contributed by atoms with E-state index in [1.165, 1.54) is 0 Å². The quantitative estimate of drug-likeness (QED) is 0.266. The summed E-state index contributed by atoms with van der Waals surface area (Å²) in [4.78, 5) is 0. The monoisotopic (exact) mass is 258 g/mol. The van der Waals surface area contributed by atoms with Gasteiger partial charge in [0, 0.05) is 21.7 Å². The van der Waals surface area contributed by atoms with Crippen molar-refractivity contribution in [1.82, 2.24) is 0 Å². The Balaban J connectivity index is 0. The Bertz CT molecular complexity index is 261. The number of rotatable bonds is 4.